The van der Waals surface area contributed by atoms with E-state index in [0.29, 0.717) is 5.92 Å². The predicted octanol–water partition coefficient (Wildman–Crippen LogP) is 2.06. The third-order valence-corrected chi connectivity index (χ3v) is 3.74. The third kappa shape index (κ3) is 3.51. The summed E-state index contributed by atoms with van der Waals surface area (Å²) in [6, 6.07) is 4.14. The molecular weight excluding hydrogens is 212 g/mol. The topological polar surface area (TPSA) is 36.4 Å². The van der Waals surface area contributed by atoms with Gasteiger partial charge in [-0.1, -0.05) is 0 Å². The van der Waals surface area contributed by atoms with Crippen molar-refractivity contribution in [1.29, 1.82) is 0 Å². The SMILES string of the molecule is CC(C)(O)C1CCN(Cc2ccncc2)CC1. The van der Waals surface area contributed by atoms with E-state index in [2.05, 4.69) is 22.0 Å². The molecule has 3 heteroatoms. The Hall–Kier alpha value is -0.930. The van der Waals surface area contributed by atoms with Crippen LogP contribution >= 0.6 is 0 Å². The molecule has 0 aromatic carbocycles. The van der Waals surface area contributed by atoms with Gasteiger partial charge in [0.25, 0.3) is 0 Å². The number of rotatable bonds is 3. The molecule has 1 aromatic rings. The maximum Gasteiger partial charge on any atom is 0.0620 e. The monoisotopic (exact) mass is 234 g/mol. The lowest BCUT2D eigenvalue weighted by Gasteiger charge is -2.37. The molecule has 17 heavy (non-hydrogen) atoms. The van der Waals surface area contributed by atoms with Crippen LogP contribution in [0, 0.1) is 5.92 Å². The molecule has 0 aliphatic carbocycles. The number of hydrogen-bond acceptors (Lipinski definition) is 3. The van der Waals surface area contributed by atoms with Gasteiger partial charge in [-0.3, -0.25) is 9.88 Å². The smallest absolute Gasteiger partial charge is 0.0620 e. The predicted molar refractivity (Wildman–Crippen MR) is 68.5 cm³/mol. The summed E-state index contributed by atoms with van der Waals surface area (Å²) in [5, 5.41) is 9.99. The summed E-state index contributed by atoms with van der Waals surface area (Å²) in [6.07, 6.45) is 5.88. The number of hydrogen-bond donors (Lipinski definition) is 1. The molecule has 1 aliphatic heterocycles. The van der Waals surface area contributed by atoms with E-state index in [1.165, 1.54) is 5.56 Å². The van der Waals surface area contributed by atoms with E-state index < -0.39 is 5.60 Å². The highest BCUT2D eigenvalue weighted by atomic mass is 16.3. The van der Waals surface area contributed by atoms with Crippen LogP contribution in [-0.4, -0.2) is 33.7 Å². The minimum absolute atomic E-state index is 0.441. The lowest BCUT2D eigenvalue weighted by atomic mass is 9.83. The molecule has 94 valence electrons. The molecule has 3 nitrogen and oxygen atoms in total. The fourth-order valence-corrected chi connectivity index (χ4v) is 2.54. The summed E-state index contributed by atoms with van der Waals surface area (Å²) in [6.45, 7) is 7.02. The van der Waals surface area contributed by atoms with Crippen LogP contribution in [0.2, 0.25) is 0 Å². The molecule has 0 atom stereocenters. The minimum Gasteiger partial charge on any atom is -0.390 e. The van der Waals surface area contributed by atoms with E-state index >= 15 is 0 Å². The maximum atomic E-state index is 9.99. The summed E-state index contributed by atoms with van der Waals surface area (Å²) in [5.41, 5.74) is 0.796. The normalized spacial score (nSPS) is 19.5. The fourth-order valence-electron chi connectivity index (χ4n) is 2.54. The van der Waals surface area contributed by atoms with Crippen molar-refractivity contribution >= 4 is 0 Å². The lowest BCUT2D eigenvalue weighted by molar-refractivity contribution is -0.0136. The van der Waals surface area contributed by atoms with E-state index in [1.54, 1.807) is 0 Å². The van der Waals surface area contributed by atoms with Crippen LogP contribution in [0.1, 0.15) is 32.3 Å². The van der Waals surface area contributed by atoms with Crippen molar-refractivity contribution in [2.75, 3.05) is 13.1 Å². The molecule has 0 saturated carbocycles. The second-order valence-electron chi connectivity index (χ2n) is 5.56. The summed E-state index contributed by atoms with van der Waals surface area (Å²) in [7, 11) is 0. The van der Waals surface area contributed by atoms with Gasteiger partial charge in [0.15, 0.2) is 0 Å². The summed E-state index contributed by atoms with van der Waals surface area (Å²) in [4.78, 5) is 6.49. The van der Waals surface area contributed by atoms with Crippen LogP contribution in [0.3, 0.4) is 0 Å². The van der Waals surface area contributed by atoms with Gasteiger partial charge in [0.2, 0.25) is 0 Å². The Kier molecular flexibility index (Phi) is 3.79. The summed E-state index contributed by atoms with van der Waals surface area (Å²) in [5.74, 6) is 0.441. The fraction of sp³-hybridized carbons (Fsp3) is 0.643. The molecule has 1 saturated heterocycles. The van der Waals surface area contributed by atoms with E-state index in [9.17, 15) is 5.11 Å². The van der Waals surface area contributed by atoms with Crippen LogP contribution in [0.4, 0.5) is 0 Å². The molecule has 1 aliphatic rings. The molecule has 0 unspecified atom stereocenters. The van der Waals surface area contributed by atoms with Gasteiger partial charge >= 0.3 is 0 Å². The Morgan fingerprint density at radius 2 is 1.88 bits per heavy atom. The van der Waals surface area contributed by atoms with E-state index in [-0.39, 0.29) is 0 Å². The van der Waals surface area contributed by atoms with Crippen molar-refractivity contribution in [3.8, 4) is 0 Å². The van der Waals surface area contributed by atoms with Gasteiger partial charge in [0.05, 0.1) is 5.60 Å². The molecule has 2 rings (SSSR count). The highest BCUT2D eigenvalue weighted by Gasteiger charge is 2.30. The molecule has 0 radical (unpaired) electrons. The molecule has 2 heterocycles. The average molecular weight is 234 g/mol. The molecule has 1 N–H and O–H groups in total. The Morgan fingerprint density at radius 3 is 2.41 bits per heavy atom. The van der Waals surface area contributed by atoms with Gasteiger partial charge in [-0.25, -0.2) is 0 Å². The third-order valence-electron chi connectivity index (χ3n) is 3.74. The molecule has 1 aromatic heterocycles. The lowest BCUT2D eigenvalue weighted by Crippen LogP contribution is -2.41. The van der Waals surface area contributed by atoms with Crippen LogP contribution in [0.25, 0.3) is 0 Å². The number of piperidine rings is 1. The van der Waals surface area contributed by atoms with Crippen molar-refractivity contribution in [3.05, 3.63) is 30.1 Å². The summed E-state index contributed by atoms with van der Waals surface area (Å²) >= 11 is 0. The highest BCUT2D eigenvalue weighted by Crippen LogP contribution is 2.28. The van der Waals surface area contributed by atoms with Crippen LogP contribution in [0.15, 0.2) is 24.5 Å². The van der Waals surface area contributed by atoms with Crippen LogP contribution < -0.4 is 0 Å². The molecule has 0 spiro atoms. The average Bonchev–Trinajstić information content (AvgIpc) is 2.30. The Balaban J connectivity index is 1.84. The van der Waals surface area contributed by atoms with Crippen LogP contribution in [-0.2, 0) is 6.54 Å². The molecule has 0 amide bonds. The zero-order valence-corrected chi connectivity index (χ0v) is 10.8. The first-order chi connectivity index (χ1) is 8.05. The first kappa shape index (κ1) is 12.5. The number of aromatic nitrogens is 1. The van der Waals surface area contributed by atoms with E-state index in [1.807, 2.05) is 26.2 Å². The van der Waals surface area contributed by atoms with E-state index in [4.69, 9.17) is 0 Å². The van der Waals surface area contributed by atoms with Gasteiger partial charge in [0, 0.05) is 18.9 Å². The molecule has 1 fully saturated rings. The van der Waals surface area contributed by atoms with Crippen molar-refractivity contribution in [2.45, 2.75) is 38.8 Å². The van der Waals surface area contributed by atoms with Gasteiger partial charge in [-0.2, -0.15) is 0 Å². The van der Waals surface area contributed by atoms with Crippen molar-refractivity contribution in [1.82, 2.24) is 9.88 Å². The molecular formula is C14H22N2O. The largest absolute Gasteiger partial charge is 0.390 e. The van der Waals surface area contributed by atoms with Crippen molar-refractivity contribution in [2.24, 2.45) is 5.92 Å². The second-order valence-corrected chi connectivity index (χ2v) is 5.56. The van der Waals surface area contributed by atoms with E-state index in [0.717, 1.165) is 32.5 Å². The standard InChI is InChI=1S/C14H22N2O/c1-14(2,17)13-5-9-16(10-6-13)11-12-3-7-15-8-4-12/h3-4,7-8,13,17H,5-6,9-11H2,1-2H3. The summed E-state index contributed by atoms with van der Waals surface area (Å²) < 4.78 is 0. The zero-order valence-electron chi connectivity index (χ0n) is 10.8. The Labute approximate surface area is 103 Å². The van der Waals surface area contributed by atoms with Gasteiger partial charge in [0.1, 0.15) is 0 Å². The zero-order chi connectivity index (χ0) is 12.3. The molecule has 0 bridgehead atoms. The Morgan fingerprint density at radius 1 is 1.29 bits per heavy atom. The second kappa shape index (κ2) is 5.15. The van der Waals surface area contributed by atoms with Crippen molar-refractivity contribution < 1.29 is 5.11 Å². The first-order valence-corrected chi connectivity index (χ1v) is 6.39. The minimum atomic E-state index is -0.525. The number of likely N-dealkylation sites (tertiary alicyclic amines) is 1. The van der Waals surface area contributed by atoms with Gasteiger partial charge < -0.3 is 5.11 Å². The Bertz CT molecular complexity index is 337. The van der Waals surface area contributed by atoms with Gasteiger partial charge in [-0.05, 0) is 63.4 Å². The number of aliphatic hydroxyl groups is 1. The van der Waals surface area contributed by atoms with Crippen LogP contribution in [0.5, 0.6) is 0 Å². The number of nitrogens with zero attached hydrogens (tertiary/aromatic N) is 2. The number of pyridine rings is 1. The first-order valence-electron chi connectivity index (χ1n) is 6.39. The maximum absolute atomic E-state index is 9.99. The van der Waals surface area contributed by atoms with Gasteiger partial charge in [-0.15, -0.1) is 0 Å². The quantitative estimate of drug-likeness (QED) is 0.869. The highest BCUT2D eigenvalue weighted by molar-refractivity contribution is 5.09. The van der Waals surface area contributed by atoms with Crippen molar-refractivity contribution in [3.63, 3.8) is 0 Å².